The molecule has 0 radical (unpaired) electrons. The Morgan fingerprint density at radius 3 is 2.73 bits per heavy atom. The second-order valence-corrected chi connectivity index (χ2v) is 7.89. The number of hydrogen-bond donors (Lipinski definition) is 3. The number of hydrogen-bond acceptors (Lipinski definition) is 6. The Balaban J connectivity index is 1.43. The van der Waals surface area contributed by atoms with Gasteiger partial charge in [-0.05, 0) is 43.4 Å². The van der Waals surface area contributed by atoms with Gasteiger partial charge in [-0.2, -0.15) is 0 Å². The van der Waals surface area contributed by atoms with Crippen molar-refractivity contribution in [2.24, 2.45) is 5.92 Å². The Labute approximate surface area is 177 Å². The van der Waals surface area contributed by atoms with Crippen molar-refractivity contribution in [1.29, 1.82) is 0 Å². The molecule has 0 spiro atoms. The number of methoxy groups -OCH3 is 1. The summed E-state index contributed by atoms with van der Waals surface area (Å²) in [5.41, 5.74) is 0.955. The van der Waals surface area contributed by atoms with Crippen molar-refractivity contribution in [2.75, 3.05) is 26.9 Å². The van der Waals surface area contributed by atoms with Crippen LogP contribution in [0.1, 0.15) is 37.7 Å². The molecule has 2 amide bonds. The molecule has 2 aliphatic heterocycles. The van der Waals surface area contributed by atoms with Crippen LogP contribution in [0, 0.1) is 5.92 Å². The fraction of sp³-hybridized carbons (Fsp3) is 0.636. The van der Waals surface area contributed by atoms with Gasteiger partial charge in [-0.3, -0.25) is 9.59 Å². The summed E-state index contributed by atoms with van der Waals surface area (Å²) in [6.07, 6.45) is 2.22. The molecule has 0 aliphatic carbocycles. The average Bonchev–Trinajstić information content (AvgIpc) is 2.79. The van der Waals surface area contributed by atoms with Crippen LogP contribution in [-0.2, 0) is 25.6 Å². The Bertz CT molecular complexity index is 707. The van der Waals surface area contributed by atoms with Crippen molar-refractivity contribution in [3.8, 4) is 5.75 Å². The lowest BCUT2D eigenvalue weighted by Gasteiger charge is -2.37. The van der Waals surface area contributed by atoms with E-state index in [-0.39, 0.29) is 42.9 Å². The maximum absolute atomic E-state index is 12.5. The molecule has 1 aromatic rings. The topological polar surface area (TPSA) is 106 Å². The van der Waals surface area contributed by atoms with Crippen molar-refractivity contribution in [1.82, 2.24) is 10.6 Å². The molecular weight excluding hydrogens is 388 g/mol. The molecule has 8 nitrogen and oxygen atoms in total. The van der Waals surface area contributed by atoms with E-state index in [2.05, 4.69) is 10.6 Å². The smallest absolute Gasteiger partial charge is 0.223 e. The monoisotopic (exact) mass is 420 g/mol. The van der Waals surface area contributed by atoms with Crippen LogP contribution in [0.25, 0.3) is 0 Å². The highest BCUT2D eigenvalue weighted by molar-refractivity contribution is 5.79. The molecule has 1 aromatic carbocycles. The number of nitrogens with one attached hydrogen (secondary N) is 2. The van der Waals surface area contributed by atoms with Crippen molar-refractivity contribution in [3.05, 3.63) is 29.8 Å². The Kier molecular flexibility index (Phi) is 8.48. The lowest BCUT2D eigenvalue weighted by Crippen LogP contribution is -2.53. The summed E-state index contributed by atoms with van der Waals surface area (Å²) >= 11 is 0. The molecule has 2 saturated heterocycles. The van der Waals surface area contributed by atoms with Crippen LogP contribution in [0.15, 0.2) is 24.3 Å². The maximum atomic E-state index is 12.5. The minimum atomic E-state index is -0.501. The predicted octanol–water partition coefficient (Wildman–Crippen LogP) is 1.15. The molecule has 0 bridgehead atoms. The van der Waals surface area contributed by atoms with E-state index in [1.54, 1.807) is 7.11 Å². The molecule has 2 fully saturated rings. The molecule has 0 aromatic heterocycles. The van der Waals surface area contributed by atoms with Crippen LogP contribution in [0.5, 0.6) is 5.75 Å². The second kappa shape index (κ2) is 11.3. The fourth-order valence-corrected chi connectivity index (χ4v) is 3.97. The molecule has 2 heterocycles. The third kappa shape index (κ3) is 6.42. The summed E-state index contributed by atoms with van der Waals surface area (Å²) in [4.78, 5) is 24.8. The van der Waals surface area contributed by atoms with Crippen molar-refractivity contribution >= 4 is 11.8 Å². The highest BCUT2D eigenvalue weighted by atomic mass is 16.5. The normalized spacial score (nSPS) is 24.8. The van der Waals surface area contributed by atoms with Crippen molar-refractivity contribution < 1.29 is 28.9 Å². The van der Waals surface area contributed by atoms with Gasteiger partial charge in [0.25, 0.3) is 0 Å². The summed E-state index contributed by atoms with van der Waals surface area (Å²) < 4.78 is 16.4. The zero-order valence-corrected chi connectivity index (χ0v) is 17.5. The Hall–Kier alpha value is -2.16. The van der Waals surface area contributed by atoms with Gasteiger partial charge in [0.05, 0.1) is 32.3 Å². The highest BCUT2D eigenvalue weighted by Gasteiger charge is 2.34. The van der Waals surface area contributed by atoms with Gasteiger partial charge < -0.3 is 30.0 Å². The van der Waals surface area contributed by atoms with E-state index in [1.807, 2.05) is 24.3 Å². The van der Waals surface area contributed by atoms with E-state index >= 15 is 0 Å². The maximum Gasteiger partial charge on any atom is 0.223 e. The minimum absolute atomic E-state index is 0.000155. The SMILES string of the molecule is COc1cccc(CNC(=O)C[C@H]2CC[C@H](NC(=O)C3CCOCC3)[C@@H](CO)O2)c1. The summed E-state index contributed by atoms with van der Waals surface area (Å²) in [5, 5.41) is 15.7. The molecule has 30 heavy (non-hydrogen) atoms. The van der Waals surface area contributed by atoms with Gasteiger partial charge in [-0.15, -0.1) is 0 Å². The number of benzene rings is 1. The summed E-state index contributed by atoms with van der Waals surface area (Å²) in [7, 11) is 1.61. The molecule has 3 rings (SSSR count). The zero-order chi connectivity index (χ0) is 21.3. The third-order valence-electron chi connectivity index (χ3n) is 5.75. The van der Waals surface area contributed by atoms with Gasteiger partial charge in [-0.25, -0.2) is 0 Å². The van der Waals surface area contributed by atoms with E-state index in [1.165, 1.54) is 0 Å². The first-order chi connectivity index (χ1) is 14.6. The lowest BCUT2D eigenvalue weighted by molar-refractivity contribution is -0.139. The Morgan fingerprint density at radius 1 is 1.20 bits per heavy atom. The van der Waals surface area contributed by atoms with E-state index in [4.69, 9.17) is 14.2 Å². The number of aliphatic hydroxyl groups is 1. The van der Waals surface area contributed by atoms with Crippen molar-refractivity contribution in [2.45, 2.75) is 56.9 Å². The Morgan fingerprint density at radius 2 is 2.00 bits per heavy atom. The van der Waals surface area contributed by atoms with Crippen LogP contribution in [-0.4, -0.2) is 62.1 Å². The largest absolute Gasteiger partial charge is 0.497 e. The molecule has 166 valence electrons. The lowest BCUT2D eigenvalue weighted by atomic mass is 9.94. The molecule has 3 atom stereocenters. The van der Waals surface area contributed by atoms with Gasteiger partial charge in [-0.1, -0.05) is 12.1 Å². The van der Waals surface area contributed by atoms with E-state index in [9.17, 15) is 14.7 Å². The molecule has 0 saturated carbocycles. The van der Waals surface area contributed by atoms with Gasteiger partial charge in [0.2, 0.25) is 11.8 Å². The number of carbonyl (C=O) groups is 2. The van der Waals surface area contributed by atoms with Gasteiger partial charge in [0, 0.05) is 25.7 Å². The molecular formula is C22H32N2O6. The molecule has 2 aliphatic rings. The summed E-state index contributed by atoms with van der Waals surface area (Å²) in [5.74, 6) is 0.597. The predicted molar refractivity (Wildman–Crippen MR) is 110 cm³/mol. The van der Waals surface area contributed by atoms with Crippen LogP contribution in [0.4, 0.5) is 0 Å². The number of ether oxygens (including phenoxy) is 3. The number of aliphatic hydroxyl groups excluding tert-OH is 1. The van der Waals surface area contributed by atoms with Gasteiger partial charge in [0.1, 0.15) is 11.9 Å². The summed E-state index contributed by atoms with van der Waals surface area (Å²) in [6, 6.07) is 7.30. The van der Waals surface area contributed by atoms with E-state index in [0.717, 1.165) is 24.2 Å². The standard InChI is InChI=1S/C22H32N2O6/c1-28-17-4-2-3-15(11-17)13-23-21(26)12-18-5-6-19(20(14-25)30-18)24-22(27)16-7-9-29-10-8-16/h2-4,11,16,18-20,25H,5-10,12-14H2,1H3,(H,23,26)(H,24,27)/t18-,19+,20-/m1/s1. The van der Waals surface area contributed by atoms with Crippen molar-refractivity contribution in [3.63, 3.8) is 0 Å². The first-order valence-corrected chi connectivity index (χ1v) is 10.6. The van der Waals surface area contributed by atoms with Crippen LogP contribution in [0.2, 0.25) is 0 Å². The van der Waals surface area contributed by atoms with Gasteiger partial charge >= 0.3 is 0 Å². The summed E-state index contributed by atoms with van der Waals surface area (Å²) in [6.45, 7) is 1.43. The number of rotatable bonds is 8. The van der Waals surface area contributed by atoms with E-state index < -0.39 is 6.10 Å². The zero-order valence-electron chi connectivity index (χ0n) is 17.5. The van der Waals surface area contributed by atoms with Crippen LogP contribution < -0.4 is 15.4 Å². The van der Waals surface area contributed by atoms with Crippen LogP contribution in [0.3, 0.4) is 0 Å². The quantitative estimate of drug-likeness (QED) is 0.583. The van der Waals surface area contributed by atoms with Crippen LogP contribution >= 0.6 is 0 Å². The average molecular weight is 421 g/mol. The molecule has 8 heteroatoms. The third-order valence-corrected chi connectivity index (χ3v) is 5.75. The van der Waals surface area contributed by atoms with Gasteiger partial charge in [0.15, 0.2) is 0 Å². The number of amides is 2. The number of carbonyl (C=O) groups excluding carboxylic acids is 2. The fourth-order valence-electron chi connectivity index (χ4n) is 3.97. The minimum Gasteiger partial charge on any atom is -0.497 e. The molecule has 0 unspecified atom stereocenters. The van der Waals surface area contributed by atoms with E-state index in [0.29, 0.717) is 32.6 Å². The second-order valence-electron chi connectivity index (χ2n) is 7.89. The first kappa shape index (κ1) is 22.5. The molecule has 3 N–H and O–H groups in total. The first-order valence-electron chi connectivity index (χ1n) is 10.6. The highest BCUT2D eigenvalue weighted by Crippen LogP contribution is 2.23.